The van der Waals surface area contributed by atoms with Crippen LogP contribution in [0.25, 0.3) is 16.9 Å². The summed E-state index contributed by atoms with van der Waals surface area (Å²) in [4.78, 5) is 0. The molecule has 0 spiro atoms. The van der Waals surface area contributed by atoms with E-state index in [2.05, 4.69) is 10.3 Å². The third-order valence-electron chi connectivity index (χ3n) is 4.18. The minimum absolute atomic E-state index is 0.0922. The van der Waals surface area contributed by atoms with Crippen LogP contribution in [0.15, 0.2) is 48.7 Å². The van der Waals surface area contributed by atoms with Gasteiger partial charge in [-0.05, 0) is 50.2 Å². The van der Waals surface area contributed by atoms with E-state index in [0.717, 1.165) is 11.3 Å². The molecular formula is C21H23N5O3. The van der Waals surface area contributed by atoms with Gasteiger partial charge in [0, 0.05) is 16.7 Å². The summed E-state index contributed by atoms with van der Waals surface area (Å²) in [5.74, 6) is 0.782. The summed E-state index contributed by atoms with van der Waals surface area (Å²) >= 11 is 0. The summed E-state index contributed by atoms with van der Waals surface area (Å²) in [5.41, 5.74) is 3.44. The molecule has 1 aromatic heterocycles. The Kier molecular flexibility index (Phi) is 6.23. The summed E-state index contributed by atoms with van der Waals surface area (Å²) < 4.78 is 17.6. The van der Waals surface area contributed by atoms with Gasteiger partial charge in [0.1, 0.15) is 11.4 Å². The number of ether oxygens (including phenoxy) is 3. The number of rotatable bonds is 7. The summed E-state index contributed by atoms with van der Waals surface area (Å²) in [5, 5.41) is 24.4. The fourth-order valence-corrected chi connectivity index (χ4v) is 2.80. The van der Waals surface area contributed by atoms with Gasteiger partial charge in [-0.1, -0.05) is 11.3 Å². The van der Waals surface area contributed by atoms with Gasteiger partial charge >= 0.3 is 0 Å². The lowest BCUT2D eigenvalue weighted by molar-refractivity contribution is 0.325. The van der Waals surface area contributed by atoms with Crippen LogP contribution < -0.4 is 4.74 Å². The number of hydrogen-bond acceptors (Lipinski definition) is 7. The van der Waals surface area contributed by atoms with Gasteiger partial charge in [-0.2, -0.15) is 0 Å². The average Bonchev–Trinajstić information content (AvgIpc) is 3.24. The highest BCUT2D eigenvalue weighted by atomic mass is 16.5. The second-order valence-electron chi connectivity index (χ2n) is 6.04. The Morgan fingerprint density at radius 1 is 0.966 bits per heavy atom. The molecule has 0 atom stereocenters. The van der Waals surface area contributed by atoms with E-state index in [1.165, 1.54) is 0 Å². The maximum absolute atomic E-state index is 7.95. The van der Waals surface area contributed by atoms with Crippen LogP contribution in [0.2, 0.25) is 0 Å². The molecule has 0 aliphatic heterocycles. The number of benzene rings is 2. The Morgan fingerprint density at radius 2 is 1.66 bits per heavy atom. The Balaban J connectivity index is 1.91. The molecule has 0 unspecified atom stereocenters. The molecule has 0 saturated heterocycles. The highest BCUT2D eigenvalue weighted by Gasteiger charge is 2.14. The first-order valence-electron chi connectivity index (χ1n) is 9.22. The van der Waals surface area contributed by atoms with Crippen molar-refractivity contribution < 1.29 is 14.2 Å². The van der Waals surface area contributed by atoms with E-state index in [0.29, 0.717) is 35.8 Å². The first-order valence-corrected chi connectivity index (χ1v) is 9.22. The van der Waals surface area contributed by atoms with Crippen LogP contribution in [0, 0.1) is 10.8 Å². The molecule has 0 aliphatic carbocycles. The lowest BCUT2D eigenvalue weighted by Gasteiger charge is -2.10. The summed E-state index contributed by atoms with van der Waals surface area (Å²) in [6, 6.07) is 12.7. The monoisotopic (exact) mass is 393 g/mol. The smallest absolute Gasteiger partial charge is 0.213 e. The second kappa shape index (κ2) is 9.01. The van der Waals surface area contributed by atoms with E-state index in [-0.39, 0.29) is 11.8 Å². The molecule has 2 N–H and O–H groups in total. The molecule has 0 bridgehead atoms. The van der Waals surface area contributed by atoms with Crippen LogP contribution in [0.3, 0.4) is 0 Å². The molecule has 3 rings (SSSR count). The molecule has 0 saturated carbocycles. The van der Waals surface area contributed by atoms with Gasteiger partial charge in [-0.25, -0.2) is 4.68 Å². The third-order valence-corrected chi connectivity index (χ3v) is 4.18. The molecule has 3 aromatic rings. The number of hydrogen-bond donors (Lipinski definition) is 2. The number of nitrogens with one attached hydrogen (secondary N) is 2. The van der Waals surface area contributed by atoms with Gasteiger partial charge in [0.15, 0.2) is 0 Å². The molecule has 8 nitrogen and oxygen atoms in total. The lowest BCUT2D eigenvalue weighted by atomic mass is 10.1. The van der Waals surface area contributed by atoms with Crippen molar-refractivity contribution in [2.45, 2.75) is 13.8 Å². The normalized spacial score (nSPS) is 10.4. The van der Waals surface area contributed by atoms with E-state index in [1.54, 1.807) is 30.1 Å². The zero-order valence-electron chi connectivity index (χ0n) is 16.6. The predicted octanol–water partition coefficient (Wildman–Crippen LogP) is 3.67. The first-order chi connectivity index (χ1) is 14.1. The number of aromatic nitrogens is 3. The summed E-state index contributed by atoms with van der Waals surface area (Å²) in [7, 11) is 1.57. The van der Waals surface area contributed by atoms with Crippen molar-refractivity contribution in [3.05, 3.63) is 59.8 Å². The van der Waals surface area contributed by atoms with Crippen LogP contribution in [0.1, 0.15) is 25.0 Å². The fourth-order valence-electron chi connectivity index (χ4n) is 2.80. The Bertz CT molecular complexity index is 1030. The van der Waals surface area contributed by atoms with Crippen LogP contribution in [-0.4, -0.2) is 47.1 Å². The Labute approximate surface area is 169 Å². The van der Waals surface area contributed by atoms with Crippen molar-refractivity contribution in [3.63, 3.8) is 0 Å². The molecule has 0 aliphatic rings. The van der Waals surface area contributed by atoms with Crippen molar-refractivity contribution in [3.8, 4) is 22.7 Å². The maximum atomic E-state index is 7.95. The standard InChI is InChI=1S/C21H23N5O3/c1-4-28-20(22)14-7-6-8-16(11-14)26-13-18(24-25-26)17-10-9-15(12-19(17)27-3)21(23)29-5-2/h6-13,22-23H,4-5H2,1-3H3. The summed E-state index contributed by atoms with van der Waals surface area (Å²) in [6.45, 7) is 4.55. The zero-order valence-corrected chi connectivity index (χ0v) is 16.6. The van der Waals surface area contributed by atoms with Gasteiger partial charge in [0.05, 0.1) is 32.2 Å². The van der Waals surface area contributed by atoms with Crippen molar-refractivity contribution >= 4 is 11.8 Å². The highest BCUT2D eigenvalue weighted by Crippen LogP contribution is 2.30. The third kappa shape index (κ3) is 4.43. The van der Waals surface area contributed by atoms with Gasteiger partial charge in [0.2, 0.25) is 11.8 Å². The van der Waals surface area contributed by atoms with Crippen molar-refractivity contribution in [1.29, 1.82) is 10.8 Å². The molecule has 2 aromatic carbocycles. The number of methoxy groups -OCH3 is 1. The van der Waals surface area contributed by atoms with E-state index in [1.807, 2.05) is 44.2 Å². The van der Waals surface area contributed by atoms with Crippen molar-refractivity contribution in [2.24, 2.45) is 0 Å². The SMILES string of the molecule is CCOC(=N)c1cccc(-n2cc(-c3ccc(C(=N)OCC)cc3OC)nn2)c1. The fraction of sp³-hybridized carbons (Fsp3) is 0.238. The minimum atomic E-state index is 0.0922. The summed E-state index contributed by atoms with van der Waals surface area (Å²) in [6.07, 6.45) is 1.79. The van der Waals surface area contributed by atoms with E-state index >= 15 is 0 Å². The van der Waals surface area contributed by atoms with Gasteiger partial charge in [0.25, 0.3) is 0 Å². The minimum Gasteiger partial charge on any atom is -0.496 e. The maximum Gasteiger partial charge on any atom is 0.213 e. The zero-order chi connectivity index (χ0) is 20.8. The van der Waals surface area contributed by atoms with Crippen LogP contribution >= 0.6 is 0 Å². The van der Waals surface area contributed by atoms with Gasteiger partial charge in [-0.3, -0.25) is 10.8 Å². The topological polar surface area (TPSA) is 106 Å². The predicted molar refractivity (Wildman–Crippen MR) is 110 cm³/mol. The van der Waals surface area contributed by atoms with Crippen LogP contribution in [0.4, 0.5) is 0 Å². The number of nitrogens with zero attached hydrogens (tertiary/aromatic N) is 3. The molecule has 150 valence electrons. The largest absolute Gasteiger partial charge is 0.496 e. The second-order valence-corrected chi connectivity index (χ2v) is 6.04. The molecule has 0 amide bonds. The van der Waals surface area contributed by atoms with Gasteiger partial charge < -0.3 is 14.2 Å². The van der Waals surface area contributed by atoms with E-state index in [4.69, 9.17) is 25.0 Å². The molecule has 0 fully saturated rings. The Morgan fingerprint density at radius 3 is 2.31 bits per heavy atom. The van der Waals surface area contributed by atoms with Crippen molar-refractivity contribution in [1.82, 2.24) is 15.0 Å². The molecule has 29 heavy (non-hydrogen) atoms. The molecular weight excluding hydrogens is 370 g/mol. The molecule has 1 heterocycles. The Hall–Kier alpha value is -3.68. The highest BCUT2D eigenvalue weighted by molar-refractivity contribution is 5.93. The van der Waals surface area contributed by atoms with Crippen LogP contribution in [-0.2, 0) is 9.47 Å². The quantitative estimate of drug-likeness (QED) is 0.471. The van der Waals surface area contributed by atoms with E-state index < -0.39 is 0 Å². The average molecular weight is 393 g/mol. The molecule has 0 radical (unpaired) electrons. The molecule has 8 heteroatoms. The van der Waals surface area contributed by atoms with E-state index in [9.17, 15) is 0 Å². The first kappa shape index (κ1) is 20.1. The van der Waals surface area contributed by atoms with Crippen LogP contribution in [0.5, 0.6) is 5.75 Å². The van der Waals surface area contributed by atoms with Gasteiger partial charge in [-0.15, -0.1) is 5.10 Å². The lowest BCUT2D eigenvalue weighted by Crippen LogP contribution is -2.06. The van der Waals surface area contributed by atoms with Crippen molar-refractivity contribution in [2.75, 3.05) is 20.3 Å².